The molecule has 1 fully saturated rings. The van der Waals surface area contributed by atoms with Crippen LogP contribution in [0.25, 0.3) is 0 Å². The van der Waals surface area contributed by atoms with Gasteiger partial charge in [0.2, 0.25) is 0 Å². The number of nitrogens with zero attached hydrogens (tertiary/aromatic N) is 1. The predicted molar refractivity (Wildman–Crippen MR) is 83.6 cm³/mol. The first-order valence-electron chi connectivity index (χ1n) is 7.38. The van der Waals surface area contributed by atoms with Crippen LogP contribution < -0.4 is 20.5 Å². The highest BCUT2D eigenvalue weighted by atomic mass is 16.5. The Morgan fingerprint density at radius 3 is 2.77 bits per heavy atom. The fourth-order valence-corrected chi connectivity index (χ4v) is 3.25. The highest BCUT2D eigenvalue weighted by molar-refractivity contribution is 5.94. The number of hydrogen-bond acceptors (Lipinski definition) is 3. The Kier molecular flexibility index (Phi) is 2.84. The molecule has 2 N–H and O–H groups in total. The molecule has 5 nitrogen and oxygen atoms in total. The number of amides is 2. The van der Waals surface area contributed by atoms with Gasteiger partial charge in [0, 0.05) is 12.0 Å². The molecule has 0 saturated carbocycles. The number of urea groups is 1. The zero-order valence-electron chi connectivity index (χ0n) is 12.3. The Morgan fingerprint density at radius 2 is 1.95 bits per heavy atom. The first-order valence-corrected chi connectivity index (χ1v) is 7.38. The van der Waals surface area contributed by atoms with Crippen LogP contribution in [0, 0.1) is 6.92 Å². The fourth-order valence-electron chi connectivity index (χ4n) is 3.25. The molecule has 0 aliphatic carbocycles. The minimum absolute atomic E-state index is 0.151. The largest absolute Gasteiger partial charge is 0.493 e. The van der Waals surface area contributed by atoms with E-state index in [2.05, 4.69) is 10.7 Å². The van der Waals surface area contributed by atoms with E-state index in [1.54, 1.807) is 5.01 Å². The van der Waals surface area contributed by atoms with E-state index in [9.17, 15) is 4.79 Å². The van der Waals surface area contributed by atoms with Gasteiger partial charge in [0.25, 0.3) is 0 Å². The Balaban J connectivity index is 1.78. The topological polar surface area (TPSA) is 53.6 Å². The molecule has 1 unspecified atom stereocenters. The molecule has 1 spiro atoms. The summed E-state index contributed by atoms with van der Waals surface area (Å²) in [7, 11) is 0. The number of carbonyl (C=O) groups is 1. The van der Waals surface area contributed by atoms with Gasteiger partial charge < -0.3 is 10.1 Å². The molecule has 0 aromatic heterocycles. The van der Waals surface area contributed by atoms with Crippen molar-refractivity contribution < 1.29 is 9.53 Å². The van der Waals surface area contributed by atoms with Crippen molar-refractivity contribution in [3.05, 3.63) is 59.7 Å². The second kappa shape index (κ2) is 4.74. The van der Waals surface area contributed by atoms with Crippen molar-refractivity contribution in [3.63, 3.8) is 0 Å². The summed E-state index contributed by atoms with van der Waals surface area (Å²) in [6.07, 6.45) is 0.680. The van der Waals surface area contributed by atoms with Gasteiger partial charge in [-0.25, -0.2) is 9.80 Å². The first kappa shape index (κ1) is 13.2. The number of benzene rings is 2. The summed E-state index contributed by atoms with van der Waals surface area (Å²) >= 11 is 0. The van der Waals surface area contributed by atoms with Gasteiger partial charge in [-0.2, -0.15) is 5.43 Å². The van der Waals surface area contributed by atoms with Gasteiger partial charge in [0.05, 0.1) is 12.3 Å². The minimum Gasteiger partial charge on any atom is -0.493 e. The molecule has 2 aliphatic rings. The van der Waals surface area contributed by atoms with Crippen molar-refractivity contribution in [2.45, 2.75) is 19.0 Å². The van der Waals surface area contributed by atoms with Crippen molar-refractivity contribution in [3.8, 4) is 5.75 Å². The van der Waals surface area contributed by atoms with Crippen LogP contribution in [0.2, 0.25) is 0 Å². The van der Waals surface area contributed by atoms with Gasteiger partial charge in [0.1, 0.15) is 11.4 Å². The monoisotopic (exact) mass is 295 g/mol. The maximum atomic E-state index is 12.5. The predicted octanol–water partition coefficient (Wildman–Crippen LogP) is 2.66. The van der Waals surface area contributed by atoms with Crippen LogP contribution in [0.1, 0.15) is 17.5 Å². The summed E-state index contributed by atoms with van der Waals surface area (Å²) in [5, 5.41) is 4.68. The highest BCUT2D eigenvalue weighted by Crippen LogP contribution is 2.40. The minimum atomic E-state index is -0.605. The molecular formula is C17H17N3O2. The van der Waals surface area contributed by atoms with E-state index < -0.39 is 5.66 Å². The van der Waals surface area contributed by atoms with Crippen LogP contribution in [-0.4, -0.2) is 12.6 Å². The van der Waals surface area contributed by atoms with Gasteiger partial charge in [-0.15, -0.1) is 0 Å². The van der Waals surface area contributed by atoms with Gasteiger partial charge in [0.15, 0.2) is 0 Å². The lowest BCUT2D eigenvalue weighted by Crippen LogP contribution is -2.51. The van der Waals surface area contributed by atoms with E-state index in [1.807, 2.05) is 55.5 Å². The quantitative estimate of drug-likeness (QED) is 0.850. The summed E-state index contributed by atoms with van der Waals surface area (Å²) < 4.78 is 5.76. The van der Waals surface area contributed by atoms with E-state index >= 15 is 0 Å². The van der Waals surface area contributed by atoms with Crippen LogP contribution in [-0.2, 0) is 5.66 Å². The van der Waals surface area contributed by atoms with Crippen LogP contribution in [0.5, 0.6) is 5.75 Å². The molecule has 22 heavy (non-hydrogen) atoms. The molecule has 0 bridgehead atoms. The van der Waals surface area contributed by atoms with Gasteiger partial charge in [-0.1, -0.05) is 30.3 Å². The third kappa shape index (κ3) is 1.86. The summed E-state index contributed by atoms with van der Waals surface area (Å²) in [5.41, 5.74) is 5.68. The Labute approximate surface area is 128 Å². The average Bonchev–Trinajstić information content (AvgIpc) is 2.85. The lowest BCUT2D eigenvalue weighted by atomic mass is 9.90. The first-order chi connectivity index (χ1) is 10.7. The molecule has 1 saturated heterocycles. The Bertz CT molecular complexity index is 732. The molecule has 2 amide bonds. The maximum Gasteiger partial charge on any atom is 0.338 e. The number of hydrogen-bond donors (Lipinski definition) is 2. The van der Waals surface area contributed by atoms with E-state index in [4.69, 9.17) is 4.74 Å². The average molecular weight is 295 g/mol. The van der Waals surface area contributed by atoms with E-state index in [0.29, 0.717) is 13.0 Å². The van der Waals surface area contributed by atoms with Crippen LogP contribution in [0.4, 0.5) is 10.5 Å². The molecule has 1 atom stereocenters. The third-order valence-corrected chi connectivity index (χ3v) is 4.24. The van der Waals surface area contributed by atoms with E-state index in [0.717, 1.165) is 22.6 Å². The normalized spacial score (nSPS) is 23.1. The summed E-state index contributed by atoms with van der Waals surface area (Å²) in [4.78, 5) is 12.5. The van der Waals surface area contributed by atoms with Crippen molar-refractivity contribution in [1.29, 1.82) is 0 Å². The maximum absolute atomic E-state index is 12.5. The van der Waals surface area contributed by atoms with Crippen LogP contribution >= 0.6 is 0 Å². The number of para-hydroxylation sites is 1. The van der Waals surface area contributed by atoms with E-state index in [1.165, 1.54) is 0 Å². The molecule has 2 aromatic carbocycles. The van der Waals surface area contributed by atoms with Gasteiger partial charge in [-0.3, -0.25) is 0 Å². The standard InChI is InChI=1S/C17H17N3O2/c1-12-6-5-9-14-15(12)17(10-11-22-14)18-16(21)20(19-17)13-7-3-2-4-8-13/h2-9,19H,10-11H2,1H3,(H,18,21). The van der Waals surface area contributed by atoms with Gasteiger partial charge in [-0.05, 0) is 30.7 Å². The summed E-state index contributed by atoms with van der Waals surface area (Å²) in [6, 6.07) is 15.4. The highest BCUT2D eigenvalue weighted by Gasteiger charge is 2.48. The summed E-state index contributed by atoms with van der Waals surface area (Å²) in [5.74, 6) is 0.828. The van der Waals surface area contributed by atoms with Crippen molar-refractivity contribution in [2.24, 2.45) is 0 Å². The molecule has 0 radical (unpaired) electrons. The van der Waals surface area contributed by atoms with Crippen molar-refractivity contribution >= 4 is 11.7 Å². The molecule has 5 heteroatoms. The Morgan fingerprint density at radius 1 is 1.14 bits per heavy atom. The van der Waals surface area contributed by atoms with Crippen LogP contribution in [0.3, 0.4) is 0 Å². The SMILES string of the molecule is Cc1cccc2c1C1(CCO2)NC(=O)N(c2ccccc2)N1. The molecule has 2 aromatic rings. The molecular weight excluding hydrogens is 278 g/mol. The lowest BCUT2D eigenvalue weighted by molar-refractivity contribution is 0.181. The van der Waals surface area contributed by atoms with Gasteiger partial charge >= 0.3 is 6.03 Å². The third-order valence-electron chi connectivity index (χ3n) is 4.24. The molecule has 112 valence electrons. The molecule has 2 aliphatic heterocycles. The second-order valence-corrected chi connectivity index (χ2v) is 5.66. The second-order valence-electron chi connectivity index (χ2n) is 5.66. The zero-order valence-corrected chi connectivity index (χ0v) is 12.3. The molecule has 2 heterocycles. The number of rotatable bonds is 1. The molecule has 4 rings (SSSR count). The van der Waals surface area contributed by atoms with E-state index in [-0.39, 0.29) is 6.03 Å². The van der Waals surface area contributed by atoms with Crippen molar-refractivity contribution in [2.75, 3.05) is 11.6 Å². The lowest BCUT2D eigenvalue weighted by Gasteiger charge is -2.36. The Hall–Kier alpha value is -2.53. The smallest absolute Gasteiger partial charge is 0.338 e. The fraction of sp³-hybridized carbons (Fsp3) is 0.235. The summed E-state index contributed by atoms with van der Waals surface area (Å²) in [6.45, 7) is 2.60. The van der Waals surface area contributed by atoms with Crippen LogP contribution in [0.15, 0.2) is 48.5 Å². The number of nitrogens with one attached hydrogen (secondary N) is 2. The van der Waals surface area contributed by atoms with Crippen molar-refractivity contribution in [1.82, 2.24) is 10.7 Å². The number of anilines is 1. The number of carbonyl (C=O) groups excluding carboxylic acids is 1. The zero-order chi connectivity index (χ0) is 15.2. The number of fused-ring (bicyclic) bond motifs is 2. The number of ether oxygens (including phenoxy) is 1. The number of aryl methyl sites for hydroxylation is 1. The number of hydrazine groups is 1.